The third-order valence-electron chi connectivity index (χ3n) is 4.31. The van der Waals surface area contributed by atoms with Gasteiger partial charge in [0.05, 0.1) is 6.54 Å². The van der Waals surface area contributed by atoms with E-state index in [2.05, 4.69) is 27.8 Å². The number of nitrogens with zero attached hydrogens (tertiary/aromatic N) is 1. The zero-order valence-corrected chi connectivity index (χ0v) is 9.87. The lowest BCUT2D eigenvalue weighted by Gasteiger charge is -2.19. The van der Waals surface area contributed by atoms with Crippen LogP contribution in [0.25, 0.3) is 0 Å². The van der Waals surface area contributed by atoms with Gasteiger partial charge in [-0.1, -0.05) is 6.07 Å². The first-order valence-corrected chi connectivity index (χ1v) is 6.51. The maximum atomic E-state index is 4.42. The molecule has 1 aromatic carbocycles. The van der Waals surface area contributed by atoms with Crippen molar-refractivity contribution in [2.75, 3.05) is 25.0 Å². The van der Waals surface area contributed by atoms with Crippen molar-refractivity contribution >= 4 is 11.9 Å². The summed E-state index contributed by atoms with van der Waals surface area (Å²) in [7, 11) is 0. The summed E-state index contributed by atoms with van der Waals surface area (Å²) in [5.74, 6) is 1.47. The van der Waals surface area contributed by atoms with Gasteiger partial charge < -0.3 is 10.6 Å². The molecule has 1 fully saturated rings. The molecule has 3 heteroatoms. The number of benzene rings is 1. The molecule has 1 aliphatic carbocycles. The Bertz CT molecular complexity index is 492. The SMILES string of the molecule is C1=NCc2cc3c(cc2NC1)C1CNCC3C1. The van der Waals surface area contributed by atoms with Crippen molar-refractivity contribution in [3.8, 4) is 0 Å². The van der Waals surface area contributed by atoms with Crippen molar-refractivity contribution in [3.63, 3.8) is 0 Å². The van der Waals surface area contributed by atoms with E-state index >= 15 is 0 Å². The van der Waals surface area contributed by atoms with Crippen LogP contribution in [0.2, 0.25) is 0 Å². The van der Waals surface area contributed by atoms with Gasteiger partial charge in [0, 0.05) is 31.5 Å². The van der Waals surface area contributed by atoms with Gasteiger partial charge in [0.25, 0.3) is 0 Å². The molecule has 1 aromatic rings. The summed E-state index contributed by atoms with van der Waals surface area (Å²) in [6.07, 6.45) is 3.32. The molecule has 0 spiro atoms. The Hall–Kier alpha value is -1.35. The Morgan fingerprint density at radius 1 is 1.12 bits per heavy atom. The minimum atomic E-state index is 0.736. The van der Waals surface area contributed by atoms with Crippen LogP contribution in [0.15, 0.2) is 17.1 Å². The van der Waals surface area contributed by atoms with Crippen molar-refractivity contribution in [1.29, 1.82) is 0 Å². The Morgan fingerprint density at radius 3 is 2.82 bits per heavy atom. The molecule has 88 valence electrons. The van der Waals surface area contributed by atoms with E-state index in [1.54, 1.807) is 11.1 Å². The number of nitrogens with one attached hydrogen (secondary N) is 2. The fourth-order valence-electron chi connectivity index (χ4n) is 3.48. The van der Waals surface area contributed by atoms with Crippen LogP contribution in [-0.4, -0.2) is 25.8 Å². The molecule has 0 amide bonds. The molecule has 0 aromatic heterocycles. The molecular formula is C14H17N3. The van der Waals surface area contributed by atoms with Crippen LogP contribution in [0.1, 0.15) is 34.9 Å². The smallest absolute Gasteiger partial charge is 0.0656 e. The molecule has 17 heavy (non-hydrogen) atoms. The minimum Gasteiger partial charge on any atom is -0.380 e. The molecule has 2 heterocycles. The van der Waals surface area contributed by atoms with Gasteiger partial charge in [-0.3, -0.25) is 4.99 Å². The lowest BCUT2D eigenvalue weighted by molar-refractivity contribution is 0.454. The van der Waals surface area contributed by atoms with Crippen LogP contribution < -0.4 is 10.6 Å². The fourth-order valence-corrected chi connectivity index (χ4v) is 3.48. The second-order valence-corrected chi connectivity index (χ2v) is 5.33. The van der Waals surface area contributed by atoms with Crippen LogP contribution >= 0.6 is 0 Å². The average Bonchev–Trinajstić information content (AvgIpc) is 2.57. The van der Waals surface area contributed by atoms with Gasteiger partial charge in [-0.25, -0.2) is 0 Å². The lowest BCUT2D eigenvalue weighted by atomic mass is 9.98. The largest absolute Gasteiger partial charge is 0.380 e. The van der Waals surface area contributed by atoms with E-state index in [9.17, 15) is 0 Å². The summed E-state index contributed by atoms with van der Waals surface area (Å²) < 4.78 is 0. The normalized spacial score (nSPS) is 29.2. The highest BCUT2D eigenvalue weighted by Gasteiger charge is 2.34. The van der Waals surface area contributed by atoms with Crippen LogP contribution in [0.5, 0.6) is 0 Å². The van der Waals surface area contributed by atoms with Crippen LogP contribution in [0, 0.1) is 0 Å². The van der Waals surface area contributed by atoms with Crippen LogP contribution in [0.4, 0.5) is 5.69 Å². The molecule has 1 saturated heterocycles. The second kappa shape index (κ2) is 3.57. The summed E-state index contributed by atoms with van der Waals surface area (Å²) in [5, 5.41) is 7.01. The van der Waals surface area contributed by atoms with Crippen molar-refractivity contribution in [2.24, 2.45) is 4.99 Å². The van der Waals surface area contributed by atoms with Crippen LogP contribution in [-0.2, 0) is 6.54 Å². The molecule has 2 N–H and O–H groups in total. The van der Waals surface area contributed by atoms with E-state index in [4.69, 9.17) is 0 Å². The van der Waals surface area contributed by atoms with Gasteiger partial charge in [0.15, 0.2) is 0 Å². The van der Waals surface area contributed by atoms with Gasteiger partial charge in [-0.2, -0.15) is 0 Å². The summed E-state index contributed by atoms with van der Waals surface area (Å²) in [4.78, 5) is 4.42. The number of aliphatic imine (C=N–C) groups is 1. The summed E-state index contributed by atoms with van der Waals surface area (Å²) in [6, 6.07) is 4.79. The first-order chi connectivity index (χ1) is 8.42. The van der Waals surface area contributed by atoms with Crippen molar-refractivity contribution < 1.29 is 0 Å². The molecule has 0 saturated carbocycles. The topological polar surface area (TPSA) is 36.4 Å². The molecule has 2 atom stereocenters. The average molecular weight is 227 g/mol. The van der Waals surface area contributed by atoms with E-state index in [-0.39, 0.29) is 0 Å². The van der Waals surface area contributed by atoms with Crippen molar-refractivity contribution in [3.05, 3.63) is 28.8 Å². The molecule has 3 nitrogen and oxygen atoms in total. The monoisotopic (exact) mass is 227 g/mol. The maximum absolute atomic E-state index is 4.42. The van der Waals surface area contributed by atoms with Crippen molar-refractivity contribution in [2.45, 2.75) is 24.8 Å². The molecule has 0 radical (unpaired) electrons. The quantitative estimate of drug-likeness (QED) is 0.709. The third kappa shape index (κ3) is 1.42. The Labute approximate surface area is 101 Å². The van der Waals surface area contributed by atoms with E-state index in [1.807, 2.05) is 6.21 Å². The fraction of sp³-hybridized carbons (Fsp3) is 0.500. The van der Waals surface area contributed by atoms with Gasteiger partial charge in [0.2, 0.25) is 0 Å². The Balaban J connectivity index is 1.85. The summed E-state index contributed by atoms with van der Waals surface area (Å²) >= 11 is 0. The number of anilines is 1. The highest BCUT2D eigenvalue weighted by Crippen LogP contribution is 2.45. The molecule has 4 rings (SSSR count). The van der Waals surface area contributed by atoms with E-state index in [1.165, 1.54) is 17.7 Å². The summed E-state index contributed by atoms with van der Waals surface area (Å²) in [6.45, 7) is 4.00. The second-order valence-electron chi connectivity index (χ2n) is 5.33. The van der Waals surface area contributed by atoms with E-state index < -0.39 is 0 Å². The predicted octanol–water partition coefficient (Wildman–Crippen LogP) is 1.86. The Kier molecular flexibility index (Phi) is 2.03. The zero-order chi connectivity index (χ0) is 11.2. The zero-order valence-electron chi connectivity index (χ0n) is 9.87. The molecule has 2 aliphatic heterocycles. The minimum absolute atomic E-state index is 0.736. The van der Waals surface area contributed by atoms with Crippen molar-refractivity contribution in [1.82, 2.24) is 5.32 Å². The number of piperidine rings is 1. The molecule has 2 unspecified atom stereocenters. The molecule has 2 bridgehead atoms. The van der Waals surface area contributed by atoms with E-state index in [0.29, 0.717) is 0 Å². The molecular weight excluding hydrogens is 210 g/mol. The summed E-state index contributed by atoms with van der Waals surface area (Å²) in [5.41, 5.74) is 5.82. The first-order valence-electron chi connectivity index (χ1n) is 6.51. The predicted molar refractivity (Wildman–Crippen MR) is 70.1 cm³/mol. The van der Waals surface area contributed by atoms with Gasteiger partial charge in [0.1, 0.15) is 0 Å². The highest BCUT2D eigenvalue weighted by atomic mass is 14.9. The Morgan fingerprint density at radius 2 is 1.94 bits per heavy atom. The third-order valence-corrected chi connectivity index (χ3v) is 4.31. The number of hydrogen-bond donors (Lipinski definition) is 2. The van der Waals surface area contributed by atoms with E-state index in [0.717, 1.165) is 38.0 Å². The van der Waals surface area contributed by atoms with Gasteiger partial charge in [-0.15, -0.1) is 0 Å². The first kappa shape index (κ1) is 9.66. The maximum Gasteiger partial charge on any atom is 0.0656 e. The lowest BCUT2D eigenvalue weighted by Crippen LogP contribution is -2.28. The van der Waals surface area contributed by atoms with Gasteiger partial charge >= 0.3 is 0 Å². The number of fused-ring (bicyclic) bond motifs is 6. The van der Waals surface area contributed by atoms with Gasteiger partial charge in [-0.05, 0) is 41.0 Å². The molecule has 3 aliphatic rings. The standard InChI is InChI=1S/C14H17N3/c1-2-17-14-5-13-10-3-9(6-16-7-10)12(13)4-11(14)8-15-1/h1,4-5,9-10,16-17H,2-3,6-8H2. The number of rotatable bonds is 0. The van der Waals surface area contributed by atoms with Crippen LogP contribution in [0.3, 0.4) is 0 Å². The highest BCUT2D eigenvalue weighted by molar-refractivity contribution is 5.70. The number of hydrogen-bond acceptors (Lipinski definition) is 3.